The highest BCUT2D eigenvalue weighted by molar-refractivity contribution is 7.89. The van der Waals surface area contributed by atoms with Gasteiger partial charge in [-0.2, -0.15) is 0 Å². The van der Waals surface area contributed by atoms with Crippen molar-refractivity contribution in [2.75, 3.05) is 25.1 Å². The van der Waals surface area contributed by atoms with E-state index in [2.05, 4.69) is 5.32 Å². The average molecular weight is 300 g/mol. The number of primary sulfonamides is 1. The van der Waals surface area contributed by atoms with Crippen LogP contribution in [0, 0.1) is 5.92 Å². The molecule has 1 aromatic carbocycles. The predicted octanol–water partition coefficient (Wildman–Crippen LogP) is 0.481. The number of sulfonamides is 1. The fourth-order valence-electron chi connectivity index (χ4n) is 2.03. The lowest BCUT2D eigenvalue weighted by Crippen LogP contribution is -2.17. The van der Waals surface area contributed by atoms with Crippen molar-refractivity contribution in [3.8, 4) is 0 Å². The molecule has 0 aromatic heterocycles. The highest BCUT2D eigenvalue weighted by Gasteiger charge is 2.19. The van der Waals surface area contributed by atoms with E-state index in [9.17, 15) is 13.2 Å². The molecule has 1 atom stereocenters. The molecule has 110 valence electrons. The van der Waals surface area contributed by atoms with Crippen LogP contribution < -0.4 is 10.5 Å². The molecule has 1 aliphatic rings. The molecule has 7 nitrogen and oxygen atoms in total. The molecule has 2 rings (SSSR count). The van der Waals surface area contributed by atoms with Gasteiger partial charge in [-0.3, -0.25) is 0 Å². The minimum Gasteiger partial charge on any atom is -0.478 e. The molecule has 1 unspecified atom stereocenters. The van der Waals surface area contributed by atoms with Gasteiger partial charge in [-0.25, -0.2) is 18.4 Å². The SMILES string of the molecule is NS(=O)(=O)c1ccc(NCC2CCOC2)c(C(=O)O)c1. The number of nitrogens with one attached hydrogen (secondary N) is 1. The van der Waals surface area contributed by atoms with E-state index in [1.807, 2.05) is 0 Å². The van der Waals surface area contributed by atoms with E-state index < -0.39 is 16.0 Å². The van der Waals surface area contributed by atoms with Gasteiger partial charge in [-0.15, -0.1) is 0 Å². The summed E-state index contributed by atoms with van der Waals surface area (Å²) in [5.74, 6) is -0.879. The molecule has 1 fully saturated rings. The Morgan fingerprint density at radius 1 is 1.50 bits per heavy atom. The zero-order chi connectivity index (χ0) is 14.8. The predicted molar refractivity (Wildman–Crippen MR) is 72.2 cm³/mol. The molecule has 0 aliphatic carbocycles. The van der Waals surface area contributed by atoms with Crippen molar-refractivity contribution in [3.63, 3.8) is 0 Å². The first kappa shape index (κ1) is 14.8. The second kappa shape index (κ2) is 5.78. The number of aromatic carboxylic acids is 1. The van der Waals surface area contributed by atoms with Gasteiger partial charge in [0.15, 0.2) is 0 Å². The minimum atomic E-state index is -3.92. The summed E-state index contributed by atoms with van der Waals surface area (Å²) >= 11 is 0. The molecule has 0 bridgehead atoms. The Labute approximate surface area is 116 Å². The van der Waals surface area contributed by atoms with E-state index in [0.29, 0.717) is 31.4 Å². The van der Waals surface area contributed by atoms with Gasteiger partial charge in [0.05, 0.1) is 17.1 Å². The van der Waals surface area contributed by atoms with E-state index in [1.165, 1.54) is 12.1 Å². The maximum Gasteiger partial charge on any atom is 0.337 e. The van der Waals surface area contributed by atoms with Gasteiger partial charge in [0.1, 0.15) is 0 Å². The third-order valence-electron chi connectivity index (χ3n) is 3.16. The maximum absolute atomic E-state index is 11.2. The smallest absolute Gasteiger partial charge is 0.337 e. The number of hydrogen-bond donors (Lipinski definition) is 3. The molecule has 0 radical (unpaired) electrons. The summed E-state index contributed by atoms with van der Waals surface area (Å²) in [5.41, 5.74) is 0.257. The maximum atomic E-state index is 11.2. The highest BCUT2D eigenvalue weighted by atomic mass is 32.2. The van der Waals surface area contributed by atoms with Gasteiger partial charge >= 0.3 is 5.97 Å². The molecular weight excluding hydrogens is 284 g/mol. The Morgan fingerprint density at radius 2 is 2.25 bits per heavy atom. The Balaban J connectivity index is 2.21. The molecule has 0 spiro atoms. The number of carboxylic acids is 1. The molecular formula is C12H16N2O5S. The van der Waals surface area contributed by atoms with Crippen molar-refractivity contribution in [2.45, 2.75) is 11.3 Å². The quantitative estimate of drug-likeness (QED) is 0.727. The van der Waals surface area contributed by atoms with Crippen LogP contribution in [0.2, 0.25) is 0 Å². The normalized spacial score (nSPS) is 18.9. The Kier molecular flexibility index (Phi) is 4.26. The lowest BCUT2D eigenvalue weighted by atomic mass is 10.1. The van der Waals surface area contributed by atoms with Gasteiger partial charge in [0, 0.05) is 24.8 Å². The molecule has 20 heavy (non-hydrogen) atoms. The molecule has 1 saturated heterocycles. The molecule has 0 saturated carbocycles. The summed E-state index contributed by atoms with van der Waals surface area (Å²) in [5, 5.41) is 17.2. The average Bonchev–Trinajstić information content (AvgIpc) is 2.88. The van der Waals surface area contributed by atoms with Crippen molar-refractivity contribution >= 4 is 21.7 Å². The van der Waals surface area contributed by atoms with Crippen LogP contribution in [-0.4, -0.2) is 39.3 Å². The first-order chi connectivity index (χ1) is 9.38. The van der Waals surface area contributed by atoms with E-state index in [1.54, 1.807) is 0 Å². The molecule has 8 heteroatoms. The lowest BCUT2D eigenvalue weighted by molar-refractivity contribution is 0.0697. The zero-order valence-corrected chi connectivity index (χ0v) is 11.5. The fraction of sp³-hybridized carbons (Fsp3) is 0.417. The molecule has 0 amide bonds. The van der Waals surface area contributed by atoms with Gasteiger partial charge < -0.3 is 15.2 Å². The number of ether oxygens (including phenoxy) is 1. The third kappa shape index (κ3) is 3.47. The summed E-state index contributed by atoms with van der Waals surface area (Å²) in [6.07, 6.45) is 0.921. The first-order valence-corrected chi connectivity index (χ1v) is 7.64. The van der Waals surface area contributed by atoms with Crippen molar-refractivity contribution in [1.82, 2.24) is 0 Å². The van der Waals surface area contributed by atoms with Gasteiger partial charge in [-0.1, -0.05) is 0 Å². The minimum absolute atomic E-state index is 0.115. The summed E-state index contributed by atoms with van der Waals surface area (Å²) in [7, 11) is -3.92. The van der Waals surface area contributed by atoms with Crippen LogP contribution in [0.5, 0.6) is 0 Å². The molecule has 1 aliphatic heterocycles. The Morgan fingerprint density at radius 3 is 2.80 bits per heavy atom. The highest BCUT2D eigenvalue weighted by Crippen LogP contribution is 2.21. The van der Waals surface area contributed by atoms with E-state index in [-0.39, 0.29) is 10.5 Å². The summed E-state index contributed by atoms with van der Waals surface area (Å²) in [6.45, 7) is 1.93. The fourth-order valence-corrected chi connectivity index (χ4v) is 2.57. The number of hydrogen-bond acceptors (Lipinski definition) is 5. The van der Waals surface area contributed by atoms with Gasteiger partial charge in [0.2, 0.25) is 10.0 Å². The van der Waals surface area contributed by atoms with Crippen molar-refractivity contribution < 1.29 is 23.1 Å². The molecule has 4 N–H and O–H groups in total. The molecule has 1 aromatic rings. The lowest BCUT2D eigenvalue weighted by Gasteiger charge is -2.13. The number of carboxylic acid groups (broad SMARTS) is 1. The largest absolute Gasteiger partial charge is 0.478 e. The van der Waals surface area contributed by atoms with Crippen LogP contribution in [0.15, 0.2) is 23.1 Å². The van der Waals surface area contributed by atoms with Crippen LogP contribution in [0.3, 0.4) is 0 Å². The van der Waals surface area contributed by atoms with Crippen molar-refractivity contribution in [2.24, 2.45) is 11.1 Å². The summed E-state index contributed by atoms with van der Waals surface area (Å²) in [6, 6.07) is 3.76. The summed E-state index contributed by atoms with van der Waals surface area (Å²) < 4.78 is 27.7. The van der Waals surface area contributed by atoms with Crippen LogP contribution in [-0.2, 0) is 14.8 Å². The number of carbonyl (C=O) groups is 1. The second-order valence-electron chi connectivity index (χ2n) is 4.67. The number of rotatable bonds is 5. The second-order valence-corrected chi connectivity index (χ2v) is 6.23. The van der Waals surface area contributed by atoms with E-state index in [0.717, 1.165) is 12.5 Å². The van der Waals surface area contributed by atoms with Crippen molar-refractivity contribution in [1.29, 1.82) is 0 Å². The monoisotopic (exact) mass is 300 g/mol. The van der Waals surface area contributed by atoms with Crippen molar-refractivity contribution in [3.05, 3.63) is 23.8 Å². The standard InChI is InChI=1S/C12H16N2O5S/c13-20(17,18)9-1-2-11(10(5-9)12(15)16)14-6-8-3-4-19-7-8/h1-2,5,8,14H,3-4,6-7H2,(H,15,16)(H2,13,17,18). The van der Waals surface area contributed by atoms with E-state index >= 15 is 0 Å². The van der Waals surface area contributed by atoms with E-state index in [4.69, 9.17) is 15.0 Å². The van der Waals surface area contributed by atoms with Gasteiger partial charge in [0.25, 0.3) is 0 Å². The summed E-state index contributed by atoms with van der Waals surface area (Å²) in [4.78, 5) is 11.0. The van der Waals surface area contributed by atoms with Crippen LogP contribution in [0.1, 0.15) is 16.8 Å². The van der Waals surface area contributed by atoms with Crippen LogP contribution >= 0.6 is 0 Å². The van der Waals surface area contributed by atoms with Crippen LogP contribution in [0.25, 0.3) is 0 Å². The Bertz CT molecular complexity index is 608. The molecule has 1 heterocycles. The third-order valence-corrected chi connectivity index (χ3v) is 4.07. The zero-order valence-electron chi connectivity index (χ0n) is 10.7. The number of anilines is 1. The topological polar surface area (TPSA) is 119 Å². The first-order valence-electron chi connectivity index (χ1n) is 6.09. The van der Waals surface area contributed by atoms with Gasteiger partial charge in [-0.05, 0) is 24.6 Å². The Hall–Kier alpha value is -1.64. The number of nitrogens with two attached hydrogens (primary N) is 1. The number of benzene rings is 1. The van der Waals surface area contributed by atoms with Crippen LogP contribution in [0.4, 0.5) is 5.69 Å².